The van der Waals surface area contributed by atoms with E-state index in [0.29, 0.717) is 29.4 Å². The van der Waals surface area contributed by atoms with Crippen LogP contribution in [0, 0.1) is 11.9 Å². The molecule has 2 aliphatic rings. The molecule has 450 valence electrons. The fourth-order valence-electron chi connectivity index (χ4n) is 3.58. The van der Waals surface area contributed by atoms with Crippen molar-refractivity contribution in [3.8, 4) is 11.9 Å². The molecule has 77 heavy (non-hydrogen) atoms. The SMILES string of the molecule is C.C.C.CN.CN(C)CC(O)C(F)(F)F.CN1C(=O)c2ccccc2C1=O.CN=BOC.CNC.CNCC(=O)C(F)(F)F.CNCC(O)C(F)(F)F.CO.O=BC#CO.O=C1NC(=O)c2ccccc21.O=P.O=P.[3H]F.[3H]F. The maximum atomic E-state index is 11.5. The predicted molar refractivity (Wildman–Crippen MR) is 276 cm³/mol. The molecule has 2 aliphatic heterocycles. The molecular formula is C41H75B2F11N8O13P2. The summed E-state index contributed by atoms with van der Waals surface area (Å²) < 4.78 is 158. The molecule has 0 saturated carbocycles. The maximum Gasteiger partial charge on any atom is 0.269 e. The third kappa shape index (κ3) is 56.4. The number of nitrogens with zero attached hydrogens (tertiary/aromatic N) is 3. The van der Waals surface area contributed by atoms with Crippen LogP contribution >= 0.6 is 18.2 Å². The van der Waals surface area contributed by atoms with Crippen molar-refractivity contribution in [3.05, 3.63) is 70.8 Å². The molecule has 2 atom stereocenters. The third-order valence-corrected chi connectivity index (χ3v) is 6.32. The normalized spacial score (nSPS) is 11.1. The number of rotatable bonds is 7. The molecule has 0 fully saturated rings. The summed E-state index contributed by atoms with van der Waals surface area (Å²) in [6, 6.07) is 13.6. The van der Waals surface area contributed by atoms with E-state index >= 15 is 0 Å². The van der Waals surface area contributed by atoms with Crippen molar-refractivity contribution in [2.75, 3.05) is 97.3 Å². The number of fused-ring (bicyclic) bond motifs is 2. The van der Waals surface area contributed by atoms with Gasteiger partial charge in [-0.1, -0.05) is 46.5 Å². The molecule has 4 rings (SSSR count). The smallest absolute Gasteiger partial charge is 0.269 e. The number of halogens is 11. The fraction of sp³-hybridized carbons (Fsp3) is 0.537. The summed E-state index contributed by atoms with van der Waals surface area (Å²) in [7, 11) is 21.7. The largest absolute Gasteiger partial charge is 0.288 e. The Morgan fingerprint density at radius 3 is 1.27 bits per heavy atom. The Morgan fingerprint density at radius 2 is 1.12 bits per heavy atom. The quantitative estimate of drug-likeness (QED) is 0.0622. The zero-order chi connectivity index (χ0) is 62.9. The number of imide groups is 2. The predicted octanol–water partition coefficient (Wildman–Crippen LogP) is 3.99. The van der Waals surface area contributed by atoms with Crippen molar-refractivity contribution in [2.24, 2.45) is 10.6 Å². The first-order valence-corrected chi connectivity index (χ1v) is 19.8. The van der Waals surface area contributed by atoms with Crippen LogP contribution in [0.3, 0.4) is 0 Å². The first-order valence-electron chi connectivity index (χ1n) is 19.7. The van der Waals surface area contributed by atoms with Crippen LogP contribution in [0.25, 0.3) is 0 Å². The summed E-state index contributed by atoms with van der Waals surface area (Å²) in [6.07, 6.45) is -16.8. The number of ketones is 1. The summed E-state index contributed by atoms with van der Waals surface area (Å²) in [6.45, 7) is -1.49. The molecule has 2 aromatic carbocycles. The van der Waals surface area contributed by atoms with Crippen molar-refractivity contribution in [1.29, 1.82) is 2.90 Å². The minimum Gasteiger partial charge on any atom is -0.288 e. The van der Waals surface area contributed by atoms with Crippen LogP contribution in [0.4, 0.5) is 48.9 Å². The Morgan fingerprint density at radius 1 is 0.792 bits per heavy atom. The molecule has 36 heteroatoms. The van der Waals surface area contributed by atoms with E-state index in [1.54, 1.807) is 86.7 Å². The van der Waals surface area contributed by atoms with Gasteiger partial charge in [0.1, 0.15) is 18.2 Å². The molecule has 0 spiro atoms. The molecule has 10 N–H and O–H groups in total. The van der Waals surface area contributed by atoms with Crippen LogP contribution in [0.15, 0.2) is 53.4 Å². The minimum absolute atomic E-state index is 0. The van der Waals surface area contributed by atoms with E-state index in [2.05, 4.69) is 39.5 Å². The zero-order valence-corrected chi connectivity index (χ0v) is 43.6. The number of likely N-dealkylation sites (N-methyl/N-ethyl adjacent to an activating group) is 3. The van der Waals surface area contributed by atoms with Crippen LogP contribution in [0.2, 0.25) is 0 Å². The number of aliphatic hydroxyl groups excluding tert-OH is 4. The molecule has 4 amide bonds. The average Bonchev–Trinajstić information content (AvgIpc) is 3.81. The van der Waals surface area contributed by atoms with Gasteiger partial charge in [-0.25, -0.2) is 0 Å². The summed E-state index contributed by atoms with van der Waals surface area (Å²) in [5, 5.41) is 40.3. The number of hydrogen-bond donors (Lipinski definition) is 9. The van der Waals surface area contributed by atoms with Crippen LogP contribution < -0.4 is 27.0 Å². The Balaban J connectivity index is -0.0000000565. The van der Waals surface area contributed by atoms with Crippen molar-refractivity contribution in [1.82, 2.24) is 31.1 Å². The van der Waals surface area contributed by atoms with Crippen LogP contribution in [-0.2, 0) is 23.3 Å². The molecule has 0 bridgehead atoms. The van der Waals surface area contributed by atoms with E-state index < -0.39 is 49.6 Å². The maximum absolute atomic E-state index is 11.5. The summed E-state index contributed by atoms with van der Waals surface area (Å²) in [5.74, 6) is -1.03. The minimum atomic E-state index is -4.69. The topological polar surface area (TPSA) is 320 Å². The second kappa shape index (κ2) is 64.7. The van der Waals surface area contributed by atoms with Crippen molar-refractivity contribution in [3.63, 3.8) is 0 Å². The number of Topliss-reactive ketones (excluding diaryl/α,β-unsaturated/α-hetero) is 1. The first kappa shape index (κ1) is 97.0. The number of amides is 4. The second-order valence-corrected chi connectivity index (χ2v) is 11.9. The number of nitrogens with two attached hydrogens (primary N) is 1. The summed E-state index contributed by atoms with van der Waals surface area (Å²) in [4.78, 5) is 60.3. The first-order chi connectivity index (χ1) is 35.5. The van der Waals surface area contributed by atoms with Gasteiger partial charge in [0, 0.05) is 27.2 Å². The molecule has 0 radical (unpaired) electrons. The van der Waals surface area contributed by atoms with E-state index in [1.165, 1.54) is 60.6 Å². The van der Waals surface area contributed by atoms with Gasteiger partial charge in [-0.15, -0.1) is 0 Å². The van der Waals surface area contributed by atoms with Gasteiger partial charge < -0.3 is 41.9 Å². The Bertz CT molecular complexity index is 1820. The number of alkyl halides is 9. The Labute approximate surface area is 450 Å². The molecule has 0 saturated heterocycles. The molecule has 2 heterocycles. The van der Waals surface area contributed by atoms with Gasteiger partial charge in [0.25, 0.3) is 26.5 Å². The van der Waals surface area contributed by atoms with Gasteiger partial charge in [0.2, 0.25) is 5.78 Å². The molecule has 2 unspecified atom stereocenters. The van der Waals surface area contributed by atoms with Crippen molar-refractivity contribution in [2.45, 2.75) is 53.0 Å². The van der Waals surface area contributed by atoms with E-state index in [-0.39, 0.29) is 52.5 Å². The van der Waals surface area contributed by atoms with Crippen molar-refractivity contribution < 1.29 is 112 Å². The van der Waals surface area contributed by atoms with Crippen molar-refractivity contribution >= 4 is 62.1 Å². The number of hydrogen-bond acceptors (Lipinski definition) is 19. The van der Waals surface area contributed by atoms with Gasteiger partial charge in [0.05, 0.1) is 28.8 Å². The summed E-state index contributed by atoms with van der Waals surface area (Å²) in [5.41, 5.74) is 6.45. The third-order valence-electron chi connectivity index (χ3n) is 6.32. The van der Waals surface area contributed by atoms with E-state index in [4.69, 9.17) is 43.7 Å². The fourth-order valence-corrected chi connectivity index (χ4v) is 3.58. The average molecular weight is 1180 g/mol. The second-order valence-electron chi connectivity index (χ2n) is 11.9. The van der Waals surface area contributed by atoms with Gasteiger partial charge in [-0.3, -0.25) is 52.8 Å². The molecule has 0 aliphatic carbocycles. The van der Waals surface area contributed by atoms with Gasteiger partial charge >= 0.3 is 78.4 Å². The van der Waals surface area contributed by atoms with Gasteiger partial charge in [0.15, 0.2) is 12.2 Å². The monoisotopic (exact) mass is 1180 g/mol. The standard InChI is InChI=1S/C9H7NO2.C8H5NO2.C5H10F3NO.C4H8F3NO.C4H6F3NO.C2H6BNO.C2HBO2.C2H7N.CH5N.CH4O.3CH4.2FH.2HOP/c1-10-8(11)6-4-2-3-5-7(6)9(10)12;10-7-5-3-1-2-4-6(5)8(11)9-7;1-9(2)3-4(10)5(6,7)8;2*1-8-2-3(9)4(5,6)7;1-4-3-5-2;4-2-1-3-5;1-3-2;2*1-2;;;;;;2*1-2/h2-5H,1H3;1-4H,(H,9,10,11);4,10H,3H2,1-2H3;3,8-9H,2H2,1H3;8H,2H2,1H3;1-2H3;4H;3H,1-2H3;2H2,1H3;2H,1H3;3*1H4;2*1H;2*2H/i/hT2. The number of carbonyl (C=O) groups is 5. The Hall–Kier alpha value is -5.61. The number of carbonyl (C=O) groups excluding carboxylic acids is 5. The van der Waals surface area contributed by atoms with E-state index in [1.807, 2.05) is 14.1 Å². The van der Waals surface area contributed by atoms with Crippen LogP contribution in [-0.4, -0.2) is 205 Å². The molecule has 21 nitrogen and oxygen atoms in total. The molecule has 2 aromatic rings. The summed E-state index contributed by atoms with van der Waals surface area (Å²) >= 11 is 0. The number of aliphatic hydroxyl groups is 4. The zero-order valence-electron chi connectivity index (χ0n) is 43.6. The van der Waals surface area contributed by atoms with Gasteiger partial charge in [-0.2, -0.15) is 39.5 Å². The molecular weight excluding hydrogens is 1110 g/mol. The number of benzene rings is 2. The number of nitrogens with one attached hydrogen (secondary N) is 4. The van der Waals surface area contributed by atoms with E-state index in [9.17, 15) is 63.5 Å². The van der Waals surface area contributed by atoms with E-state index in [0.717, 1.165) is 12.0 Å². The van der Waals surface area contributed by atoms with Crippen LogP contribution in [0.5, 0.6) is 0 Å². The van der Waals surface area contributed by atoms with Crippen LogP contribution in [0.1, 0.15) is 63.7 Å². The molecule has 0 aromatic heterocycles. The Kier molecular flexibility index (Phi) is 81.5. The van der Waals surface area contributed by atoms with Gasteiger partial charge in [-0.05, 0) is 73.6 Å².